The zero-order chi connectivity index (χ0) is 14.9. The van der Waals surface area contributed by atoms with E-state index in [9.17, 15) is 9.59 Å². The second kappa shape index (κ2) is 5.54. The number of benzene rings is 1. The highest BCUT2D eigenvalue weighted by atomic mass is 28.3. The minimum absolute atomic E-state index is 0.117. The molecule has 0 spiro atoms. The number of hydrogen-bond acceptors (Lipinski definition) is 3. The molecule has 1 amide bonds. The summed E-state index contributed by atoms with van der Waals surface area (Å²) in [5.74, 6) is -1.06. The van der Waals surface area contributed by atoms with Crippen molar-refractivity contribution in [3.05, 3.63) is 23.8 Å². The van der Waals surface area contributed by atoms with Crippen LogP contribution in [-0.4, -0.2) is 40.9 Å². The Labute approximate surface area is 121 Å². The molecule has 20 heavy (non-hydrogen) atoms. The van der Waals surface area contributed by atoms with E-state index in [1.54, 1.807) is 12.1 Å². The molecule has 4 nitrogen and oxygen atoms in total. The lowest BCUT2D eigenvalue weighted by Crippen LogP contribution is -2.33. The fraction of sp³-hybridized carbons (Fsp3) is 0.429. The first kappa shape index (κ1) is 15.0. The molecule has 104 valence electrons. The molecule has 0 bridgehead atoms. The van der Waals surface area contributed by atoms with Crippen LogP contribution in [0.1, 0.15) is 10.4 Å². The summed E-state index contributed by atoms with van der Waals surface area (Å²) in [6, 6.07) is 5.93. The van der Waals surface area contributed by atoms with E-state index < -0.39 is 19.8 Å². The van der Waals surface area contributed by atoms with Gasteiger partial charge in [-0.25, -0.2) is 0 Å². The van der Waals surface area contributed by atoms with Gasteiger partial charge < -0.3 is 4.74 Å². The standard InChI is InChI=1S/C14H18BNO3Si/c1-20(2,3)7-6-19-9-16-12-5-4-10(15)8-11(12)13(17)14(16)18/h4-5,8H,6-7,9H2,1-3H3. The van der Waals surface area contributed by atoms with Crippen molar-refractivity contribution in [3.63, 3.8) is 0 Å². The third-order valence-corrected chi connectivity index (χ3v) is 4.92. The van der Waals surface area contributed by atoms with Crippen molar-refractivity contribution < 1.29 is 14.3 Å². The number of nitrogens with zero attached hydrogens (tertiary/aromatic N) is 1. The average Bonchev–Trinajstić information content (AvgIpc) is 2.58. The fourth-order valence-corrected chi connectivity index (χ4v) is 2.74. The van der Waals surface area contributed by atoms with Gasteiger partial charge in [0.15, 0.2) is 0 Å². The summed E-state index contributed by atoms with van der Waals surface area (Å²) in [6.45, 7) is 7.51. The van der Waals surface area contributed by atoms with E-state index in [0.29, 0.717) is 23.3 Å². The molecule has 1 aliphatic rings. The first-order valence-corrected chi connectivity index (χ1v) is 10.3. The molecule has 2 radical (unpaired) electrons. The normalized spacial score (nSPS) is 14.8. The molecule has 0 aliphatic carbocycles. The SMILES string of the molecule is [B]c1ccc2c(c1)C(=O)C(=O)N2COCC[Si](C)(C)C. The number of hydrogen-bond donors (Lipinski definition) is 0. The molecular formula is C14H18BNO3Si. The van der Waals surface area contributed by atoms with Gasteiger partial charge in [0.05, 0.1) is 11.3 Å². The van der Waals surface area contributed by atoms with Gasteiger partial charge in [-0.1, -0.05) is 37.2 Å². The third-order valence-electron chi connectivity index (χ3n) is 3.21. The highest BCUT2D eigenvalue weighted by Crippen LogP contribution is 2.27. The van der Waals surface area contributed by atoms with Gasteiger partial charge in [-0.15, -0.1) is 0 Å². The van der Waals surface area contributed by atoms with Crippen LogP contribution in [0.15, 0.2) is 18.2 Å². The number of carbonyl (C=O) groups is 2. The first-order chi connectivity index (χ1) is 9.29. The summed E-state index contributed by atoms with van der Waals surface area (Å²) in [7, 11) is 4.49. The van der Waals surface area contributed by atoms with E-state index in [1.807, 2.05) is 0 Å². The number of carbonyl (C=O) groups excluding carboxylic acids is 2. The van der Waals surface area contributed by atoms with Crippen LogP contribution in [0.25, 0.3) is 0 Å². The molecule has 1 aliphatic heterocycles. The lowest BCUT2D eigenvalue weighted by Gasteiger charge is -2.19. The van der Waals surface area contributed by atoms with Crippen molar-refractivity contribution in [3.8, 4) is 0 Å². The molecule has 0 saturated heterocycles. The Morgan fingerprint density at radius 3 is 2.60 bits per heavy atom. The van der Waals surface area contributed by atoms with Gasteiger partial charge in [0, 0.05) is 14.7 Å². The smallest absolute Gasteiger partial charge is 0.301 e. The van der Waals surface area contributed by atoms with Gasteiger partial charge in [-0.05, 0) is 12.1 Å². The predicted octanol–water partition coefficient (Wildman–Crippen LogP) is 1.32. The highest BCUT2D eigenvalue weighted by Gasteiger charge is 2.35. The molecular weight excluding hydrogens is 269 g/mol. The molecule has 6 heteroatoms. The minimum atomic E-state index is -1.16. The number of anilines is 1. The fourth-order valence-electron chi connectivity index (χ4n) is 1.98. The quantitative estimate of drug-likeness (QED) is 0.466. The average molecular weight is 287 g/mol. The maximum atomic E-state index is 11.9. The number of ether oxygens (including phenoxy) is 1. The Balaban J connectivity index is 2.03. The molecule has 0 N–H and O–H groups in total. The van der Waals surface area contributed by atoms with Crippen LogP contribution in [0.5, 0.6) is 0 Å². The summed E-state index contributed by atoms with van der Waals surface area (Å²) < 4.78 is 5.56. The van der Waals surface area contributed by atoms with Gasteiger partial charge in [-0.2, -0.15) is 0 Å². The van der Waals surface area contributed by atoms with E-state index in [4.69, 9.17) is 12.6 Å². The van der Waals surface area contributed by atoms with Crippen molar-refractivity contribution >= 4 is 38.8 Å². The second-order valence-electron chi connectivity index (χ2n) is 6.19. The molecule has 0 aromatic heterocycles. The van der Waals surface area contributed by atoms with Crippen molar-refractivity contribution in [2.45, 2.75) is 25.7 Å². The molecule has 1 aromatic rings. The Morgan fingerprint density at radius 1 is 1.25 bits per heavy atom. The largest absolute Gasteiger partial charge is 0.361 e. The molecule has 0 fully saturated rings. The molecule has 1 heterocycles. The van der Waals surface area contributed by atoms with Crippen LogP contribution < -0.4 is 10.4 Å². The van der Waals surface area contributed by atoms with Gasteiger partial charge >= 0.3 is 5.91 Å². The van der Waals surface area contributed by atoms with Crippen molar-refractivity contribution in [2.24, 2.45) is 0 Å². The highest BCUT2D eigenvalue weighted by molar-refractivity contribution is 6.76. The van der Waals surface area contributed by atoms with E-state index >= 15 is 0 Å². The summed E-state index contributed by atoms with van der Waals surface area (Å²) in [5.41, 5.74) is 1.43. The maximum Gasteiger partial charge on any atom is 0.301 e. The number of ketones is 1. The predicted molar refractivity (Wildman–Crippen MR) is 82.6 cm³/mol. The first-order valence-electron chi connectivity index (χ1n) is 6.63. The minimum Gasteiger partial charge on any atom is -0.361 e. The second-order valence-corrected chi connectivity index (χ2v) is 11.8. The van der Waals surface area contributed by atoms with Crippen LogP contribution in [0.4, 0.5) is 5.69 Å². The summed E-state index contributed by atoms with van der Waals surface area (Å²) in [4.78, 5) is 25.2. The number of rotatable bonds is 5. The number of Topliss-reactive ketones (excluding diaryl/α,β-unsaturated/α-hetero) is 1. The van der Waals surface area contributed by atoms with Crippen molar-refractivity contribution in [1.29, 1.82) is 0 Å². The van der Waals surface area contributed by atoms with E-state index in [2.05, 4.69) is 19.6 Å². The Bertz CT molecular complexity index is 554. The Hall–Kier alpha value is -1.40. The molecule has 0 unspecified atom stereocenters. The number of fused-ring (bicyclic) bond motifs is 1. The molecule has 2 rings (SSSR count). The summed E-state index contributed by atoms with van der Waals surface area (Å²) in [6.07, 6.45) is 0. The van der Waals surface area contributed by atoms with E-state index in [1.165, 1.54) is 11.0 Å². The maximum absolute atomic E-state index is 11.9. The molecule has 1 aromatic carbocycles. The lowest BCUT2D eigenvalue weighted by atomic mass is 9.93. The zero-order valence-electron chi connectivity index (χ0n) is 12.1. The van der Waals surface area contributed by atoms with Gasteiger partial charge in [0.1, 0.15) is 14.6 Å². The lowest BCUT2D eigenvalue weighted by molar-refractivity contribution is -0.115. The van der Waals surface area contributed by atoms with Crippen LogP contribution >= 0.6 is 0 Å². The van der Waals surface area contributed by atoms with Crippen LogP contribution in [-0.2, 0) is 9.53 Å². The topological polar surface area (TPSA) is 46.6 Å². The van der Waals surface area contributed by atoms with Gasteiger partial charge in [0.25, 0.3) is 5.78 Å². The molecule has 0 atom stereocenters. The van der Waals surface area contributed by atoms with E-state index in [-0.39, 0.29) is 6.73 Å². The number of amides is 1. The van der Waals surface area contributed by atoms with Crippen LogP contribution in [0, 0.1) is 0 Å². The van der Waals surface area contributed by atoms with Crippen LogP contribution in [0.2, 0.25) is 25.7 Å². The van der Waals surface area contributed by atoms with Gasteiger partial charge in [0.2, 0.25) is 0 Å². The van der Waals surface area contributed by atoms with Crippen molar-refractivity contribution in [1.82, 2.24) is 0 Å². The van der Waals surface area contributed by atoms with E-state index in [0.717, 1.165) is 6.04 Å². The summed E-state index contributed by atoms with van der Waals surface area (Å²) in [5, 5.41) is 0. The monoisotopic (exact) mass is 287 g/mol. The Morgan fingerprint density at radius 2 is 1.95 bits per heavy atom. The summed E-state index contributed by atoms with van der Waals surface area (Å²) >= 11 is 0. The van der Waals surface area contributed by atoms with Gasteiger partial charge in [-0.3, -0.25) is 14.5 Å². The van der Waals surface area contributed by atoms with Crippen molar-refractivity contribution in [2.75, 3.05) is 18.2 Å². The Kier molecular flexibility index (Phi) is 4.15. The molecule has 0 saturated carbocycles. The zero-order valence-corrected chi connectivity index (χ0v) is 13.1. The van der Waals surface area contributed by atoms with Crippen LogP contribution in [0.3, 0.4) is 0 Å². The third kappa shape index (κ3) is 3.19.